The summed E-state index contributed by atoms with van der Waals surface area (Å²) in [6.45, 7) is 12.8. The van der Waals surface area contributed by atoms with Crippen LogP contribution in [-0.2, 0) is 9.16 Å². The molecule has 1 atom stereocenters. The van der Waals surface area contributed by atoms with Crippen LogP contribution in [0.4, 0.5) is 0 Å². The molecule has 7 heteroatoms. The first-order valence-corrected chi connectivity index (χ1v) is 10.4. The van der Waals surface area contributed by atoms with Gasteiger partial charge in [0.1, 0.15) is 12.9 Å². The van der Waals surface area contributed by atoms with Crippen LogP contribution in [0.1, 0.15) is 27.2 Å². The lowest BCUT2D eigenvalue weighted by Gasteiger charge is -2.52. The number of nitrogens with one attached hydrogen (secondary N) is 2. The Labute approximate surface area is 128 Å². The third-order valence-electron chi connectivity index (χ3n) is 4.67. The minimum Gasteiger partial charge on any atom is -0.491 e. The van der Waals surface area contributed by atoms with Crippen LogP contribution in [0.2, 0.25) is 18.1 Å². The monoisotopic (exact) mass is 312 g/mol. The van der Waals surface area contributed by atoms with Gasteiger partial charge < -0.3 is 14.5 Å². The Morgan fingerprint density at radius 2 is 2.05 bits per heavy atom. The average molecular weight is 312 g/mol. The lowest BCUT2D eigenvalue weighted by molar-refractivity contribution is -0.164. The van der Waals surface area contributed by atoms with Gasteiger partial charge in [0.05, 0.1) is 7.11 Å². The number of ether oxygens (including phenoxy) is 1. The fourth-order valence-corrected chi connectivity index (χ4v) is 3.41. The van der Waals surface area contributed by atoms with E-state index in [0.29, 0.717) is 18.3 Å². The minimum atomic E-state index is -1.80. The fourth-order valence-electron chi connectivity index (χ4n) is 2.14. The summed E-state index contributed by atoms with van der Waals surface area (Å²) in [4.78, 5) is 0. The Morgan fingerprint density at radius 1 is 1.38 bits per heavy atom. The molecule has 1 saturated heterocycles. The summed E-state index contributed by atoms with van der Waals surface area (Å²) in [6.07, 6.45) is 2.83. The second-order valence-electron chi connectivity index (χ2n) is 7.11. The van der Waals surface area contributed by atoms with Crippen molar-refractivity contribution in [2.45, 2.75) is 51.6 Å². The van der Waals surface area contributed by atoms with Crippen LogP contribution >= 0.6 is 0 Å². The summed E-state index contributed by atoms with van der Waals surface area (Å²) < 4.78 is 11.7. The molecule has 0 bridgehead atoms. The maximum absolute atomic E-state index is 8.22. The predicted octanol–water partition coefficient (Wildman–Crippen LogP) is 2.28. The molecule has 1 unspecified atom stereocenters. The van der Waals surface area contributed by atoms with E-state index in [-0.39, 0.29) is 11.3 Å². The molecule has 2 heterocycles. The molecule has 0 aromatic heterocycles. The summed E-state index contributed by atoms with van der Waals surface area (Å²) >= 11 is 0. The van der Waals surface area contributed by atoms with E-state index in [2.05, 4.69) is 44.2 Å². The molecule has 0 saturated carbocycles. The normalized spacial score (nSPS) is 24.3. The second-order valence-corrected chi connectivity index (χ2v) is 11.9. The van der Waals surface area contributed by atoms with Crippen LogP contribution in [-0.4, -0.2) is 50.7 Å². The SMILES string of the molecule is COC1=CNCN(N2CCC2O[Si](C)(C)C(C)(C)C)C1=N. The van der Waals surface area contributed by atoms with Gasteiger partial charge in [-0.15, -0.1) is 0 Å². The first kappa shape index (κ1) is 16.3. The quantitative estimate of drug-likeness (QED) is 0.780. The first-order chi connectivity index (χ1) is 9.67. The molecule has 120 valence electrons. The van der Waals surface area contributed by atoms with Crippen molar-refractivity contribution in [2.75, 3.05) is 20.3 Å². The number of hydrogen-bond donors (Lipinski definition) is 2. The number of nitrogens with zero attached hydrogens (tertiary/aromatic N) is 2. The van der Waals surface area contributed by atoms with Crippen molar-refractivity contribution in [1.82, 2.24) is 15.3 Å². The zero-order valence-electron chi connectivity index (χ0n) is 14.0. The summed E-state index contributed by atoms with van der Waals surface area (Å²) in [7, 11) is -0.207. The zero-order chi connectivity index (χ0) is 15.8. The molecule has 2 N–H and O–H groups in total. The third-order valence-corrected chi connectivity index (χ3v) is 9.14. The van der Waals surface area contributed by atoms with Gasteiger partial charge in [-0.05, 0) is 18.1 Å². The highest BCUT2D eigenvalue weighted by atomic mass is 28.4. The molecular formula is C14H28N4O2Si. The highest BCUT2D eigenvalue weighted by Gasteiger charge is 2.45. The minimum absolute atomic E-state index is 0.0734. The Morgan fingerprint density at radius 3 is 2.52 bits per heavy atom. The molecule has 0 aliphatic carbocycles. The third kappa shape index (κ3) is 3.09. The standard InChI is InChI=1S/C14H28N4O2Si/c1-14(2,3)21(5,6)20-12-7-8-17(12)18-10-16-9-11(19-4)13(18)15/h9,12,15-16H,7-8,10H2,1-6H3. The van der Waals surface area contributed by atoms with Crippen molar-refractivity contribution in [3.05, 3.63) is 12.0 Å². The molecule has 2 rings (SSSR count). The van der Waals surface area contributed by atoms with Gasteiger partial charge in [-0.3, -0.25) is 10.4 Å². The van der Waals surface area contributed by atoms with Gasteiger partial charge in [0.2, 0.25) is 0 Å². The van der Waals surface area contributed by atoms with Crippen molar-refractivity contribution in [2.24, 2.45) is 0 Å². The fraction of sp³-hybridized carbons (Fsp3) is 0.786. The topological polar surface area (TPSA) is 60.8 Å². The Kier molecular flexibility index (Phi) is 4.37. The van der Waals surface area contributed by atoms with Gasteiger partial charge in [0.15, 0.2) is 19.9 Å². The molecular weight excluding hydrogens is 284 g/mol. The average Bonchev–Trinajstić information content (AvgIpc) is 2.36. The predicted molar refractivity (Wildman–Crippen MR) is 86.1 cm³/mol. The molecule has 2 aliphatic heterocycles. The number of hydrazine groups is 1. The van der Waals surface area contributed by atoms with Crippen LogP contribution in [0.15, 0.2) is 12.0 Å². The lowest BCUT2D eigenvalue weighted by Crippen LogP contribution is -2.65. The molecule has 21 heavy (non-hydrogen) atoms. The van der Waals surface area contributed by atoms with Gasteiger partial charge >= 0.3 is 0 Å². The van der Waals surface area contributed by atoms with Crippen LogP contribution in [0.3, 0.4) is 0 Å². The maximum Gasteiger partial charge on any atom is 0.194 e. The summed E-state index contributed by atoms with van der Waals surface area (Å²) in [5, 5.41) is 15.6. The van der Waals surface area contributed by atoms with Crippen molar-refractivity contribution in [1.29, 1.82) is 5.41 Å². The van der Waals surface area contributed by atoms with E-state index in [0.717, 1.165) is 13.0 Å². The molecule has 0 radical (unpaired) electrons. The van der Waals surface area contributed by atoms with Gasteiger partial charge in [0.25, 0.3) is 0 Å². The van der Waals surface area contributed by atoms with Crippen molar-refractivity contribution >= 4 is 14.2 Å². The van der Waals surface area contributed by atoms with Gasteiger partial charge in [0, 0.05) is 19.2 Å². The molecule has 1 fully saturated rings. The largest absolute Gasteiger partial charge is 0.491 e. The Hall–Kier alpha value is -1.05. The number of rotatable bonds is 4. The molecule has 0 amide bonds. The smallest absolute Gasteiger partial charge is 0.194 e. The highest BCUT2D eigenvalue weighted by molar-refractivity contribution is 6.74. The van der Waals surface area contributed by atoms with Crippen molar-refractivity contribution in [3.8, 4) is 0 Å². The van der Waals surface area contributed by atoms with Gasteiger partial charge in [-0.1, -0.05) is 20.8 Å². The molecule has 0 aromatic rings. The molecule has 0 aromatic carbocycles. The van der Waals surface area contributed by atoms with E-state index in [1.165, 1.54) is 0 Å². The van der Waals surface area contributed by atoms with E-state index in [4.69, 9.17) is 14.6 Å². The molecule has 6 nitrogen and oxygen atoms in total. The lowest BCUT2D eigenvalue weighted by atomic mass is 10.2. The summed E-state index contributed by atoms with van der Waals surface area (Å²) in [5.41, 5.74) is 0. The van der Waals surface area contributed by atoms with Crippen LogP contribution < -0.4 is 5.32 Å². The van der Waals surface area contributed by atoms with E-state index in [1.807, 2.05) is 5.01 Å². The number of methoxy groups -OCH3 is 1. The second kappa shape index (κ2) is 5.62. The summed E-state index contributed by atoms with van der Waals surface area (Å²) in [5.74, 6) is 0.944. The van der Waals surface area contributed by atoms with Gasteiger partial charge in [-0.2, -0.15) is 5.01 Å². The van der Waals surface area contributed by atoms with Gasteiger partial charge in [-0.25, -0.2) is 0 Å². The number of amidine groups is 1. The Bertz CT molecular complexity index is 445. The summed E-state index contributed by atoms with van der Waals surface area (Å²) in [6, 6.07) is 0. The van der Waals surface area contributed by atoms with E-state index in [1.54, 1.807) is 13.3 Å². The number of hydrogen-bond acceptors (Lipinski definition) is 5. The Balaban J connectivity index is 2.03. The van der Waals surface area contributed by atoms with E-state index in [9.17, 15) is 0 Å². The van der Waals surface area contributed by atoms with E-state index >= 15 is 0 Å². The zero-order valence-corrected chi connectivity index (χ0v) is 15.0. The molecule has 2 aliphatic rings. The van der Waals surface area contributed by atoms with Crippen LogP contribution in [0.5, 0.6) is 0 Å². The van der Waals surface area contributed by atoms with Crippen LogP contribution in [0.25, 0.3) is 0 Å². The van der Waals surface area contributed by atoms with Crippen molar-refractivity contribution in [3.63, 3.8) is 0 Å². The first-order valence-electron chi connectivity index (χ1n) is 7.46. The highest BCUT2D eigenvalue weighted by Crippen LogP contribution is 2.39. The maximum atomic E-state index is 8.22. The van der Waals surface area contributed by atoms with Crippen LogP contribution in [0, 0.1) is 5.41 Å². The molecule has 0 spiro atoms. The van der Waals surface area contributed by atoms with E-state index < -0.39 is 8.32 Å². The van der Waals surface area contributed by atoms with Crippen molar-refractivity contribution < 1.29 is 9.16 Å².